The highest BCUT2D eigenvalue weighted by atomic mass is 16.6. The third-order valence-corrected chi connectivity index (χ3v) is 4.16. The molecule has 2 aliphatic rings. The molecule has 0 amide bonds. The Morgan fingerprint density at radius 3 is 2.95 bits per heavy atom. The minimum atomic E-state index is -0.881. The topological polar surface area (TPSA) is 77.1 Å². The Kier molecular flexibility index (Phi) is 4.65. The zero-order valence-corrected chi connectivity index (χ0v) is 12.0. The Balaban J connectivity index is 2.24. The van der Waals surface area contributed by atoms with E-state index in [-0.39, 0.29) is 4.92 Å². The van der Waals surface area contributed by atoms with Crippen LogP contribution in [0.15, 0.2) is 22.1 Å². The van der Waals surface area contributed by atoms with E-state index in [0.717, 1.165) is 13.0 Å². The Bertz CT molecular complexity index is 439. The molecule has 2 heterocycles. The van der Waals surface area contributed by atoms with Crippen LogP contribution in [0.1, 0.15) is 26.2 Å². The molecule has 20 heavy (non-hydrogen) atoms. The van der Waals surface area contributed by atoms with Gasteiger partial charge >= 0.3 is 0 Å². The quantitative estimate of drug-likeness (QED) is 0.423. The molecule has 0 aromatic carbocycles. The van der Waals surface area contributed by atoms with Crippen LogP contribution in [0.3, 0.4) is 0 Å². The van der Waals surface area contributed by atoms with Crippen LogP contribution in [0.5, 0.6) is 0 Å². The van der Waals surface area contributed by atoms with Gasteiger partial charge in [-0.15, -0.1) is 0 Å². The Labute approximate surface area is 118 Å². The smallest absolute Gasteiger partial charge is 0.278 e. The lowest BCUT2D eigenvalue weighted by Crippen LogP contribution is -2.49. The van der Waals surface area contributed by atoms with Crippen molar-refractivity contribution in [1.29, 1.82) is 0 Å². The van der Waals surface area contributed by atoms with Crippen LogP contribution in [-0.4, -0.2) is 48.7 Å². The van der Waals surface area contributed by atoms with Crippen LogP contribution in [-0.2, 0) is 4.74 Å². The van der Waals surface area contributed by atoms with E-state index >= 15 is 0 Å². The predicted molar refractivity (Wildman–Crippen MR) is 78.3 cm³/mol. The Hall–Kier alpha value is -1.56. The van der Waals surface area contributed by atoms with Crippen LogP contribution >= 0.6 is 0 Å². The number of rotatable bonds is 6. The summed E-state index contributed by atoms with van der Waals surface area (Å²) in [5.41, 5.74) is -0.159. The molecule has 6 nitrogen and oxygen atoms in total. The molecule has 0 N–H and O–H groups in total. The van der Waals surface area contributed by atoms with Gasteiger partial charge in [0.2, 0.25) is 0 Å². The first-order chi connectivity index (χ1) is 9.63. The maximum Gasteiger partial charge on any atom is 0.278 e. The van der Waals surface area contributed by atoms with Crippen molar-refractivity contribution in [3.63, 3.8) is 0 Å². The van der Waals surface area contributed by atoms with Gasteiger partial charge in [0.05, 0.1) is 5.71 Å². The van der Waals surface area contributed by atoms with Gasteiger partial charge < -0.3 is 4.74 Å². The largest absolute Gasteiger partial charge is 0.381 e. The summed E-state index contributed by atoms with van der Waals surface area (Å²) in [6.07, 6.45) is 7.41. The molecule has 3 atom stereocenters. The molecule has 1 fully saturated rings. The third-order valence-electron chi connectivity index (χ3n) is 4.16. The van der Waals surface area contributed by atoms with E-state index in [2.05, 4.69) is 9.98 Å². The molecule has 110 valence electrons. The lowest BCUT2D eigenvalue weighted by molar-refractivity contribution is -0.511. The molecular weight excluding hydrogens is 258 g/mol. The van der Waals surface area contributed by atoms with E-state index in [1.165, 1.54) is 0 Å². The van der Waals surface area contributed by atoms with Crippen molar-refractivity contribution in [3.05, 3.63) is 22.3 Å². The van der Waals surface area contributed by atoms with Gasteiger partial charge in [-0.3, -0.25) is 20.1 Å². The number of hydrogen-bond donors (Lipinski definition) is 0. The van der Waals surface area contributed by atoms with Crippen LogP contribution in [0.2, 0.25) is 0 Å². The van der Waals surface area contributed by atoms with Crippen LogP contribution < -0.4 is 0 Å². The average molecular weight is 279 g/mol. The van der Waals surface area contributed by atoms with Crippen molar-refractivity contribution in [2.45, 2.75) is 37.8 Å². The first-order valence-electron chi connectivity index (χ1n) is 7.02. The van der Waals surface area contributed by atoms with Crippen molar-refractivity contribution in [1.82, 2.24) is 0 Å². The summed E-state index contributed by atoms with van der Waals surface area (Å²) in [5, 5.41) is 11.6. The van der Waals surface area contributed by atoms with Crippen molar-refractivity contribution in [2.75, 3.05) is 20.3 Å². The second-order valence-corrected chi connectivity index (χ2v) is 5.32. The van der Waals surface area contributed by atoms with Gasteiger partial charge in [0.1, 0.15) is 0 Å². The molecule has 0 radical (unpaired) electrons. The fourth-order valence-corrected chi connectivity index (χ4v) is 2.96. The molecule has 0 bridgehead atoms. The summed E-state index contributed by atoms with van der Waals surface area (Å²) in [4.78, 5) is 20.0. The van der Waals surface area contributed by atoms with Gasteiger partial charge in [-0.05, 0) is 37.3 Å². The highest BCUT2D eigenvalue weighted by Gasteiger charge is 2.48. The molecule has 0 spiro atoms. The molecular formula is C14H21N3O3. The molecule has 2 aliphatic heterocycles. The summed E-state index contributed by atoms with van der Waals surface area (Å²) in [5.74, 6) is 0.333. The van der Waals surface area contributed by atoms with Gasteiger partial charge in [0.25, 0.3) is 6.04 Å². The van der Waals surface area contributed by atoms with Crippen LogP contribution in [0.4, 0.5) is 0 Å². The first kappa shape index (κ1) is 14.8. The number of ether oxygens (including phenoxy) is 1. The summed E-state index contributed by atoms with van der Waals surface area (Å²) in [7, 11) is 1.63. The molecule has 1 saturated heterocycles. The van der Waals surface area contributed by atoms with Crippen molar-refractivity contribution < 1.29 is 9.66 Å². The van der Waals surface area contributed by atoms with E-state index < -0.39 is 11.6 Å². The number of aliphatic imine (C=N–C) groups is 2. The molecule has 6 heteroatoms. The lowest BCUT2D eigenvalue weighted by atomic mass is 9.82. The second-order valence-electron chi connectivity index (χ2n) is 5.32. The summed E-state index contributed by atoms with van der Waals surface area (Å²) in [6.45, 7) is 3.33. The second kappa shape index (κ2) is 6.26. The van der Waals surface area contributed by atoms with Crippen molar-refractivity contribution in [3.8, 4) is 0 Å². The standard InChI is InChI=1S/C14H21N3O3/c1-3-14(6-4-7-16-14)13(17(18)19)12(15-2)9-11-5-8-20-10-11/h4,6-7,11,13H,3,5,8-10H2,1-2H3. The number of nitrogens with zero attached hydrogens (tertiary/aromatic N) is 3. The molecule has 0 aromatic rings. The molecule has 2 rings (SSSR count). The van der Waals surface area contributed by atoms with E-state index in [9.17, 15) is 10.1 Å². The number of hydrogen-bond acceptors (Lipinski definition) is 5. The van der Waals surface area contributed by atoms with Crippen LogP contribution in [0.25, 0.3) is 0 Å². The zero-order chi connectivity index (χ0) is 14.6. The minimum absolute atomic E-state index is 0.241. The van der Waals surface area contributed by atoms with Gasteiger partial charge in [-0.25, -0.2) is 0 Å². The molecule has 0 aromatic heterocycles. The van der Waals surface area contributed by atoms with Gasteiger partial charge in [-0.1, -0.05) is 6.92 Å². The fraction of sp³-hybridized carbons (Fsp3) is 0.714. The van der Waals surface area contributed by atoms with Gasteiger partial charge in [0, 0.05) is 31.4 Å². The van der Waals surface area contributed by atoms with Crippen molar-refractivity contribution in [2.24, 2.45) is 15.9 Å². The van der Waals surface area contributed by atoms with E-state index in [0.29, 0.717) is 31.1 Å². The zero-order valence-electron chi connectivity index (χ0n) is 12.0. The summed E-state index contributed by atoms with van der Waals surface area (Å²) < 4.78 is 5.35. The summed E-state index contributed by atoms with van der Waals surface area (Å²) >= 11 is 0. The van der Waals surface area contributed by atoms with E-state index in [4.69, 9.17) is 4.74 Å². The fourth-order valence-electron chi connectivity index (χ4n) is 2.96. The molecule has 0 saturated carbocycles. The number of allylic oxidation sites excluding steroid dienone is 1. The van der Waals surface area contributed by atoms with E-state index in [1.807, 2.05) is 13.0 Å². The average Bonchev–Trinajstić information content (AvgIpc) is 3.09. The maximum absolute atomic E-state index is 11.6. The van der Waals surface area contributed by atoms with Crippen molar-refractivity contribution >= 4 is 11.9 Å². The van der Waals surface area contributed by atoms with Gasteiger partial charge in [-0.2, -0.15) is 0 Å². The Morgan fingerprint density at radius 1 is 1.70 bits per heavy atom. The first-order valence-corrected chi connectivity index (χ1v) is 7.02. The lowest BCUT2D eigenvalue weighted by Gasteiger charge is -2.27. The highest BCUT2D eigenvalue weighted by Crippen LogP contribution is 2.31. The monoisotopic (exact) mass is 279 g/mol. The molecule has 3 unspecified atom stereocenters. The van der Waals surface area contributed by atoms with E-state index in [1.54, 1.807) is 19.3 Å². The van der Waals surface area contributed by atoms with Crippen LogP contribution in [0, 0.1) is 16.0 Å². The summed E-state index contributed by atoms with van der Waals surface area (Å²) in [6, 6.07) is -0.881. The number of nitro groups is 1. The Morgan fingerprint density at radius 2 is 2.50 bits per heavy atom. The molecule has 0 aliphatic carbocycles. The normalized spacial score (nSPS) is 30.9. The predicted octanol–water partition coefficient (Wildman–Crippen LogP) is 1.92. The SMILES string of the molecule is CCC1(C(C(CC2CCOC2)=NC)[N+](=O)[O-])C=CC=N1. The highest BCUT2D eigenvalue weighted by molar-refractivity contribution is 5.91. The maximum atomic E-state index is 11.6. The van der Waals surface area contributed by atoms with Gasteiger partial charge in [0.15, 0.2) is 5.54 Å². The third kappa shape index (κ3) is 2.80. The minimum Gasteiger partial charge on any atom is -0.381 e.